The molecule has 1 atom stereocenters. The number of carbonyl (C=O) groups excluding carboxylic acids is 2. The molecule has 0 fully saturated rings. The molecular weight excluding hydrogens is 314 g/mol. The molecule has 0 amide bonds. The highest BCUT2D eigenvalue weighted by Crippen LogP contribution is 2.13. The number of unbranched alkanes of at least 4 members (excludes halogenated alkanes) is 8. The maximum absolute atomic E-state index is 11.7. The molecule has 0 heterocycles. The van der Waals surface area contributed by atoms with Gasteiger partial charge in [0.25, 0.3) is 0 Å². The zero-order chi connectivity index (χ0) is 16.8. The summed E-state index contributed by atoms with van der Waals surface area (Å²) in [6, 6.07) is -0.851. The summed E-state index contributed by atoms with van der Waals surface area (Å²) in [5, 5.41) is 0. The molecule has 1 unspecified atom stereocenters. The fraction of sp³-hybridized carbons (Fsp3) is 0.889. The number of ketones is 1. The Kier molecular flexibility index (Phi) is 17.4. The van der Waals surface area contributed by atoms with Crippen LogP contribution in [-0.2, 0) is 14.3 Å². The van der Waals surface area contributed by atoms with E-state index in [2.05, 4.69) is 24.3 Å². The highest BCUT2D eigenvalue weighted by molar-refractivity contribution is 6.01. The van der Waals surface area contributed by atoms with Crippen LogP contribution in [-0.4, -0.2) is 24.9 Å². The summed E-state index contributed by atoms with van der Waals surface area (Å²) in [4.78, 5) is 22.8. The van der Waals surface area contributed by atoms with E-state index in [1.54, 1.807) is 0 Å². The van der Waals surface area contributed by atoms with Gasteiger partial charge in [-0.25, -0.2) is 4.79 Å². The molecule has 0 aliphatic carbocycles. The first kappa shape index (κ1) is 24.6. The van der Waals surface area contributed by atoms with Crippen LogP contribution < -0.4 is 18.1 Å². The van der Waals surface area contributed by atoms with Crippen molar-refractivity contribution >= 4 is 11.8 Å². The van der Waals surface area contributed by atoms with E-state index >= 15 is 0 Å². The van der Waals surface area contributed by atoms with Crippen molar-refractivity contribution in [2.75, 3.05) is 7.11 Å². The van der Waals surface area contributed by atoms with Crippen molar-refractivity contribution in [1.29, 1.82) is 0 Å². The van der Waals surface area contributed by atoms with E-state index in [0.29, 0.717) is 6.42 Å². The summed E-state index contributed by atoms with van der Waals surface area (Å²) in [6.07, 6.45) is 12.9. The minimum atomic E-state index is -0.851. The predicted octanol–water partition coefficient (Wildman–Crippen LogP) is 0.290. The normalized spacial score (nSPS) is 11.9. The molecule has 0 bridgehead atoms. The molecule has 0 aromatic heterocycles. The number of ether oxygens (including phenoxy) is 1. The van der Waals surface area contributed by atoms with Gasteiger partial charge in [-0.3, -0.25) is 4.79 Å². The number of halogens is 1. The van der Waals surface area contributed by atoms with Gasteiger partial charge >= 0.3 is 5.97 Å². The van der Waals surface area contributed by atoms with Crippen LogP contribution in [0.15, 0.2) is 0 Å². The lowest BCUT2D eigenvalue weighted by Crippen LogP contribution is -3.00. The molecular formula is C18H36ClNO3. The second-order valence-electron chi connectivity index (χ2n) is 6.66. The molecule has 0 aromatic carbocycles. The topological polar surface area (TPSA) is 71.0 Å². The third-order valence-electron chi connectivity index (χ3n) is 4.08. The lowest BCUT2D eigenvalue weighted by atomic mass is 10.0. The molecule has 0 saturated carbocycles. The standard InChI is InChI=1S/C18H35NO3.ClH/c1-15(2)13-11-9-7-5-4-6-8-10-12-14-16(20)17(19)18(21)22-3;/h15,17H,4-14,19H2,1-3H3;1H. The molecule has 0 saturated heterocycles. The van der Waals surface area contributed by atoms with Crippen molar-refractivity contribution in [1.82, 2.24) is 0 Å². The molecule has 138 valence electrons. The zero-order valence-corrected chi connectivity index (χ0v) is 16.0. The first-order chi connectivity index (χ1) is 10.5. The molecule has 0 aliphatic heterocycles. The summed E-state index contributed by atoms with van der Waals surface area (Å²) in [6.45, 7) is 4.57. The predicted molar refractivity (Wildman–Crippen MR) is 89.3 cm³/mol. The summed E-state index contributed by atoms with van der Waals surface area (Å²) in [7, 11) is 1.29. The molecule has 5 heteroatoms. The van der Waals surface area contributed by atoms with Gasteiger partial charge in [-0.05, 0) is 12.3 Å². The number of rotatable bonds is 14. The Balaban J connectivity index is 0. The molecule has 0 spiro atoms. The summed E-state index contributed by atoms with van der Waals surface area (Å²) >= 11 is 0. The minimum absolute atomic E-state index is 0. The highest BCUT2D eigenvalue weighted by atomic mass is 35.5. The van der Waals surface area contributed by atoms with E-state index < -0.39 is 12.0 Å². The molecule has 3 N–H and O–H groups in total. The fourth-order valence-electron chi connectivity index (χ4n) is 2.54. The van der Waals surface area contributed by atoms with Crippen molar-refractivity contribution in [2.45, 2.75) is 90.5 Å². The highest BCUT2D eigenvalue weighted by Gasteiger charge is 2.25. The van der Waals surface area contributed by atoms with Gasteiger partial charge < -0.3 is 22.9 Å². The van der Waals surface area contributed by atoms with Gasteiger partial charge in [0.15, 0.2) is 0 Å². The van der Waals surface area contributed by atoms with Gasteiger partial charge in [-0.1, -0.05) is 71.6 Å². The van der Waals surface area contributed by atoms with Gasteiger partial charge in [0.05, 0.1) is 7.11 Å². The molecule has 23 heavy (non-hydrogen) atoms. The first-order valence-electron chi connectivity index (χ1n) is 8.92. The third kappa shape index (κ3) is 14.7. The Morgan fingerprint density at radius 1 is 0.870 bits per heavy atom. The van der Waals surface area contributed by atoms with Crippen LogP contribution in [0.3, 0.4) is 0 Å². The van der Waals surface area contributed by atoms with Crippen LogP contribution in [0.2, 0.25) is 0 Å². The van der Waals surface area contributed by atoms with Crippen molar-refractivity contribution in [3.8, 4) is 0 Å². The number of hydrogen-bond donors (Lipinski definition) is 1. The number of Topliss-reactive ketones (excluding diaryl/α,β-unsaturated/α-hetero) is 1. The molecule has 0 radical (unpaired) electrons. The maximum atomic E-state index is 11.7. The third-order valence-corrected chi connectivity index (χ3v) is 4.08. The van der Waals surface area contributed by atoms with Crippen LogP contribution >= 0.6 is 0 Å². The second-order valence-corrected chi connectivity index (χ2v) is 6.66. The van der Waals surface area contributed by atoms with Gasteiger partial charge in [-0.15, -0.1) is 0 Å². The van der Waals surface area contributed by atoms with Crippen LogP contribution in [0.5, 0.6) is 0 Å². The zero-order valence-electron chi connectivity index (χ0n) is 15.2. The van der Waals surface area contributed by atoms with Crippen molar-refractivity contribution < 1.29 is 32.5 Å². The molecule has 0 aromatic rings. The number of quaternary nitrogens is 1. The summed E-state index contributed by atoms with van der Waals surface area (Å²) in [5.74, 6) is 0.208. The Bertz CT molecular complexity index is 309. The number of carbonyl (C=O) groups is 2. The van der Waals surface area contributed by atoms with Crippen LogP contribution in [0.25, 0.3) is 0 Å². The Hall–Kier alpha value is -0.610. The second kappa shape index (κ2) is 16.3. The fourth-order valence-corrected chi connectivity index (χ4v) is 2.54. The molecule has 4 nitrogen and oxygen atoms in total. The SMILES string of the molecule is COC(=O)C([NH3+])C(=O)CCCCCCCCCCCC(C)C.[Cl-]. The van der Waals surface area contributed by atoms with E-state index in [4.69, 9.17) is 0 Å². The number of methoxy groups -OCH3 is 1. The monoisotopic (exact) mass is 349 g/mol. The first-order valence-corrected chi connectivity index (χ1v) is 8.92. The maximum Gasteiger partial charge on any atom is 0.372 e. The van der Waals surface area contributed by atoms with E-state index in [1.165, 1.54) is 58.5 Å². The lowest BCUT2D eigenvalue weighted by Gasteiger charge is -2.06. The molecule has 0 aliphatic rings. The van der Waals surface area contributed by atoms with Crippen LogP contribution in [0.1, 0.15) is 84.5 Å². The van der Waals surface area contributed by atoms with E-state index in [-0.39, 0.29) is 18.2 Å². The average Bonchev–Trinajstić information content (AvgIpc) is 2.50. The van der Waals surface area contributed by atoms with Gasteiger partial charge in [-0.2, -0.15) is 0 Å². The largest absolute Gasteiger partial charge is 1.00 e. The van der Waals surface area contributed by atoms with Crippen molar-refractivity contribution in [2.24, 2.45) is 5.92 Å². The Labute approximate surface area is 148 Å². The number of hydrogen-bond acceptors (Lipinski definition) is 3. The quantitative estimate of drug-likeness (QED) is 0.278. The van der Waals surface area contributed by atoms with Crippen LogP contribution in [0, 0.1) is 5.92 Å². The average molecular weight is 350 g/mol. The summed E-state index contributed by atoms with van der Waals surface area (Å²) in [5.41, 5.74) is 3.56. The van der Waals surface area contributed by atoms with Crippen LogP contribution in [0.4, 0.5) is 0 Å². The minimum Gasteiger partial charge on any atom is -1.00 e. The van der Waals surface area contributed by atoms with Gasteiger partial charge in [0.2, 0.25) is 11.8 Å². The van der Waals surface area contributed by atoms with Gasteiger partial charge in [0.1, 0.15) is 0 Å². The molecule has 0 rings (SSSR count). The van der Waals surface area contributed by atoms with E-state index in [9.17, 15) is 9.59 Å². The number of esters is 1. The van der Waals surface area contributed by atoms with E-state index in [1.807, 2.05) is 0 Å². The van der Waals surface area contributed by atoms with Crippen molar-refractivity contribution in [3.05, 3.63) is 0 Å². The van der Waals surface area contributed by atoms with Gasteiger partial charge in [0, 0.05) is 6.42 Å². The van der Waals surface area contributed by atoms with Crippen molar-refractivity contribution in [3.63, 3.8) is 0 Å². The summed E-state index contributed by atoms with van der Waals surface area (Å²) < 4.78 is 4.52. The Morgan fingerprint density at radius 2 is 1.30 bits per heavy atom. The smallest absolute Gasteiger partial charge is 0.372 e. The lowest BCUT2D eigenvalue weighted by molar-refractivity contribution is -0.392. The Morgan fingerprint density at radius 3 is 1.74 bits per heavy atom. The van der Waals surface area contributed by atoms with E-state index in [0.717, 1.165) is 18.8 Å².